The summed E-state index contributed by atoms with van der Waals surface area (Å²) < 4.78 is 0. The van der Waals surface area contributed by atoms with Gasteiger partial charge in [0, 0.05) is 38.7 Å². The largest absolute Gasteiger partial charge is 0.357 e. The van der Waals surface area contributed by atoms with Crippen molar-refractivity contribution in [2.24, 2.45) is 4.99 Å². The lowest BCUT2D eigenvalue weighted by molar-refractivity contribution is 0.0827. The van der Waals surface area contributed by atoms with Crippen LogP contribution in [-0.2, 0) is 13.0 Å². The van der Waals surface area contributed by atoms with Crippen molar-refractivity contribution < 1.29 is 4.79 Å². The molecule has 2 aromatic rings. The van der Waals surface area contributed by atoms with Gasteiger partial charge in [0.05, 0.1) is 6.54 Å². The fraction of sp³-hybridized carbons (Fsp3) is 0.364. The molecule has 1 aliphatic carbocycles. The van der Waals surface area contributed by atoms with Gasteiger partial charge in [0.2, 0.25) is 0 Å². The zero-order chi connectivity index (χ0) is 19.2. The van der Waals surface area contributed by atoms with Gasteiger partial charge < -0.3 is 15.5 Å². The maximum atomic E-state index is 12.0. The van der Waals surface area contributed by atoms with E-state index in [-0.39, 0.29) is 5.91 Å². The smallest absolute Gasteiger partial charge is 0.253 e. The van der Waals surface area contributed by atoms with Crippen molar-refractivity contribution in [1.29, 1.82) is 0 Å². The first-order valence-electron chi connectivity index (χ1n) is 9.49. The van der Waals surface area contributed by atoms with Gasteiger partial charge in [0.1, 0.15) is 0 Å². The van der Waals surface area contributed by atoms with E-state index in [9.17, 15) is 4.79 Å². The summed E-state index contributed by atoms with van der Waals surface area (Å²) in [5.41, 5.74) is 4.68. The molecule has 0 spiro atoms. The second-order valence-corrected chi connectivity index (χ2v) is 7.07. The summed E-state index contributed by atoms with van der Waals surface area (Å²) >= 11 is 0. The van der Waals surface area contributed by atoms with E-state index in [0.29, 0.717) is 18.0 Å². The van der Waals surface area contributed by atoms with E-state index in [1.807, 2.05) is 24.3 Å². The molecule has 2 N–H and O–H groups in total. The highest BCUT2D eigenvalue weighted by atomic mass is 16.2. The molecule has 1 unspecified atom stereocenters. The number of hydrogen-bond donors (Lipinski definition) is 2. The van der Waals surface area contributed by atoms with Gasteiger partial charge >= 0.3 is 0 Å². The Kier molecular flexibility index (Phi) is 6.12. The fourth-order valence-electron chi connectivity index (χ4n) is 3.29. The number of aliphatic imine (C=N–C) groups is 1. The average Bonchev–Trinajstić information content (AvgIpc) is 2.66. The number of amides is 1. The van der Waals surface area contributed by atoms with Crippen LogP contribution in [0.2, 0.25) is 0 Å². The Morgan fingerprint density at radius 2 is 1.85 bits per heavy atom. The molecule has 2 aromatic carbocycles. The van der Waals surface area contributed by atoms with Gasteiger partial charge in [-0.3, -0.25) is 4.79 Å². The third-order valence-corrected chi connectivity index (χ3v) is 4.85. The highest BCUT2D eigenvalue weighted by Gasteiger charge is 2.25. The van der Waals surface area contributed by atoms with Crippen LogP contribution in [0.25, 0.3) is 0 Å². The monoisotopic (exact) mass is 364 g/mol. The number of nitrogens with one attached hydrogen (secondary N) is 2. The summed E-state index contributed by atoms with van der Waals surface area (Å²) in [6, 6.07) is 16.3. The van der Waals surface area contributed by atoms with Crippen LogP contribution in [0.4, 0.5) is 0 Å². The quantitative estimate of drug-likeness (QED) is 0.612. The molecule has 0 fully saturated rings. The first-order valence-corrected chi connectivity index (χ1v) is 9.49. The number of carbonyl (C=O) groups is 1. The van der Waals surface area contributed by atoms with Crippen LogP contribution in [0.15, 0.2) is 53.5 Å². The highest BCUT2D eigenvalue weighted by molar-refractivity contribution is 5.93. The molecule has 3 rings (SSSR count). The Hall–Kier alpha value is -2.82. The normalized spacial score (nSPS) is 15.5. The van der Waals surface area contributed by atoms with Gasteiger partial charge in [-0.15, -0.1) is 0 Å². The van der Waals surface area contributed by atoms with Gasteiger partial charge in [0.15, 0.2) is 5.96 Å². The molecule has 1 atom stereocenters. The molecule has 142 valence electrons. The Bertz CT molecular complexity index is 811. The molecule has 0 heterocycles. The van der Waals surface area contributed by atoms with Crippen LogP contribution >= 0.6 is 0 Å². The molecule has 0 saturated carbocycles. The fourth-order valence-corrected chi connectivity index (χ4v) is 3.29. The molecule has 1 aliphatic rings. The summed E-state index contributed by atoms with van der Waals surface area (Å²) in [5, 5.41) is 6.76. The lowest BCUT2D eigenvalue weighted by atomic mass is 9.78. The number of rotatable bonds is 6. The molecule has 0 aromatic heterocycles. The topological polar surface area (TPSA) is 56.7 Å². The van der Waals surface area contributed by atoms with Crippen LogP contribution in [0.5, 0.6) is 0 Å². The van der Waals surface area contributed by atoms with E-state index in [1.165, 1.54) is 11.1 Å². The lowest BCUT2D eigenvalue weighted by Gasteiger charge is -2.30. The van der Waals surface area contributed by atoms with E-state index in [4.69, 9.17) is 0 Å². The maximum absolute atomic E-state index is 12.0. The van der Waals surface area contributed by atoms with Crippen molar-refractivity contribution in [2.45, 2.75) is 25.8 Å². The zero-order valence-electron chi connectivity index (χ0n) is 16.3. The molecule has 0 saturated heterocycles. The minimum absolute atomic E-state index is 0.0147. The summed E-state index contributed by atoms with van der Waals surface area (Å²) in [4.78, 5) is 18.2. The predicted molar refractivity (Wildman–Crippen MR) is 110 cm³/mol. The van der Waals surface area contributed by atoms with Crippen molar-refractivity contribution in [2.75, 3.05) is 27.2 Å². The number of hydrogen-bond acceptors (Lipinski definition) is 2. The average molecular weight is 364 g/mol. The van der Waals surface area contributed by atoms with E-state index in [1.54, 1.807) is 19.0 Å². The van der Waals surface area contributed by atoms with Crippen molar-refractivity contribution in [3.8, 4) is 0 Å². The van der Waals surface area contributed by atoms with Crippen LogP contribution < -0.4 is 10.6 Å². The summed E-state index contributed by atoms with van der Waals surface area (Å²) in [7, 11) is 3.52. The molecular formula is C22H28N4O. The molecule has 5 nitrogen and oxygen atoms in total. The molecule has 1 amide bonds. The third kappa shape index (κ3) is 4.67. The standard InChI is InChI=1S/C22H28N4O/c1-4-23-22(25-15-19-13-18-7-5-6-8-20(18)19)24-14-16-9-11-17(12-10-16)21(27)26(2)3/h5-12,19H,4,13-15H2,1-3H3,(H2,23,24,25). The summed E-state index contributed by atoms with van der Waals surface area (Å²) in [5.74, 6) is 1.40. The summed E-state index contributed by atoms with van der Waals surface area (Å²) in [6.07, 6.45) is 1.13. The Labute approximate surface area is 161 Å². The second kappa shape index (κ2) is 8.71. The van der Waals surface area contributed by atoms with Crippen LogP contribution in [-0.4, -0.2) is 44.0 Å². The first-order chi connectivity index (χ1) is 13.1. The molecule has 0 aliphatic heterocycles. The van der Waals surface area contributed by atoms with E-state index in [2.05, 4.69) is 46.8 Å². The number of nitrogens with zero attached hydrogens (tertiary/aromatic N) is 2. The first kappa shape index (κ1) is 19.0. The van der Waals surface area contributed by atoms with Gasteiger partial charge in [0.25, 0.3) is 5.91 Å². The number of benzene rings is 2. The SMILES string of the molecule is CCNC(=NCc1ccc(C(=O)N(C)C)cc1)NCC1Cc2ccccc21. The van der Waals surface area contributed by atoms with Crippen LogP contribution in [0.1, 0.15) is 39.9 Å². The number of carbonyl (C=O) groups excluding carboxylic acids is 1. The highest BCUT2D eigenvalue weighted by Crippen LogP contribution is 2.33. The molecular weight excluding hydrogens is 336 g/mol. The van der Waals surface area contributed by atoms with E-state index in [0.717, 1.165) is 31.0 Å². The molecule has 27 heavy (non-hydrogen) atoms. The second-order valence-electron chi connectivity index (χ2n) is 7.07. The van der Waals surface area contributed by atoms with Gasteiger partial charge in [-0.1, -0.05) is 36.4 Å². The van der Waals surface area contributed by atoms with Crippen LogP contribution in [0, 0.1) is 0 Å². The van der Waals surface area contributed by atoms with E-state index >= 15 is 0 Å². The number of guanidine groups is 1. The van der Waals surface area contributed by atoms with Crippen LogP contribution in [0.3, 0.4) is 0 Å². The van der Waals surface area contributed by atoms with Crippen molar-refractivity contribution in [3.63, 3.8) is 0 Å². The Balaban J connectivity index is 1.57. The van der Waals surface area contributed by atoms with Gasteiger partial charge in [-0.25, -0.2) is 4.99 Å². The maximum Gasteiger partial charge on any atom is 0.253 e. The van der Waals surface area contributed by atoms with Crippen molar-refractivity contribution >= 4 is 11.9 Å². The Morgan fingerprint density at radius 3 is 2.52 bits per heavy atom. The predicted octanol–water partition coefficient (Wildman–Crippen LogP) is 2.78. The third-order valence-electron chi connectivity index (χ3n) is 4.85. The Morgan fingerprint density at radius 1 is 1.11 bits per heavy atom. The zero-order valence-corrected chi connectivity index (χ0v) is 16.3. The van der Waals surface area contributed by atoms with E-state index < -0.39 is 0 Å². The van der Waals surface area contributed by atoms with Gasteiger partial charge in [-0.2, -0.15) is 0 Å². The van der Waals surface area contributed by atoms with Crippen molar-refractivity contribution in [1.82, 2.24) is 15.5 Å². The summed E-state index contributed by atoms with van der Waals surface area (Å²) in [6.45, 7) is 4.35. The molecule has 0 bridgehead atoms. The molecule has 5 heteroatoms. The minimum Gasteiger partial charge on any atom is -0.357 e. The molecule has 0 radical (unpaired) electrons. The number of fused-ring (bicyclic) bond motifs is 1. The minimum atomic E-state index is 0.0147. The lowest BCUT2D eigenvalue weighted by Crippen LogP contribution is -2.41. The van der Waals surface area contributed by atoms with Gasteiger partial charge in [-0.05, 0) is 42.2 Å². The van der Waals surface area contributed by atoms with Crippen molar-refractivity contribution in [3.05, 3.63) is 70.8 Å².